The number of morpholine rings is 1. The lowest BCUT2D eigenvalue weighted by molar-refractivity contribution is -0.137. The van der Waals surface area contributed by atoms with Gasteiger partial charge in [-0.1, -0.05) is 12.1 Å². The maximum absolute atomic E-state index is 12.2. The molecule has 4 aromatic rings. The first kappa shape index (κ1) is 16.0. The van der Waals surface area contributed by atoms with Crippen molar-refractivity contribution in [3.8, 4) is 5.75 Å². The van der Waals surface area contributed by atoms with Crippen molar-refractivity contribution in [3.05, 3.63) is 42.5 Å². The van der Waals surface area contributed by atoms with Crippen molar-refractivity contribution in [2.45, 2.75) is 0 Å². The predicted octanol–water partition coefficient (Wildman–Crippen LogP) is 2.77. The molecule has 0 spiro atoms. The fraction of sp³-hybridized carbons (Fsp3) is 0.250. The van der Waals surface area contributed by atoms with Gasteiger partial charge in [0.1, 0.15) is 16.8 Å². The van der Waals surface area contributed by atoms with E-state index in [9.17, 15) is 4.79 Å². The third-order valence-electron chi connectivity index (χ3n) is 4.68. The second-order valence-corrected chi connectivity index (χ2v) is 6.41. The largest absolute Gasteiger partial charge is 0.484 e. The molecule has 0 unspecified atom stereocenters. The van der Waals surface area contributed by atoms with E-state index in [4.69, 9.17) is 13.9 Å². The Kier molecular flexibility index (Phi) is 3.86. The molecule has 0 bridgehead atoms. The van der Waals surface area contributed by atoms with Gasteiger partial charge in [0.25, 0.3) is 5.91 Å². The van der Waals surface area contributed by atoms with E-state index in [1.807, 2.05) is 36.4 Å². The number of fused-ring (bicyclic) bond motifs is 4. The van der Waals surface area contributed by atoms with Gasteiger partial charge in [-0.15, -0.1) is 0 Å². The van der Waals surface area contributed by atoms with E-state index < -0.39 is 0 Å². The molecule has 2 aromatic heterocycles. The Morgan fingerprint density at radius 1 is 1.07 bits per heavy atom. The Morgan fingerprint density at radius 2 is 1.85 bits per heavy atom. The van der Waals surface area contributed by atoms with Gasteiger partial charge in [0.05, 0.1) is 24.2 Å². The zero-order chi connectivity index (χ0) is 18.2. The lowest BCUT2D eigenvalue weighted by Gasteiger charge is -2.26. The molecule has 5 rings (SSSR count). The Morgan fingerprint density at radius 3 is 2.67 bits per heavy atom. The van der Waals surface area contributed by atoms with Crippen molar-refractivity contribution in [3.63, 3.8) is 0 Å². The van der Waals surface area contributed by atoms with Crippen molar-refractivity contribution < 1.29 is 18.7 Å². The number of hydrogen-bond donors (Lipinski definition) is 0. The molecule has 136 valence electrons. The fourth-order valence-corrected chi connectivity index (χ4v) is 3.26. The molecule has 7 heteroatoms. The summed E-state index contributed by atoms with van der Waals surface area (Å²) in [6, 6.07) is 13.2. The first-order chi connectivity index (χ1) is 13.3. The quantitative estimate of drug-likeness (QED) is 0.557. The van der Waals surface area contributed by atoms with Gasteiger partial charge in [0.2, 0.25) is 5.71 Å². The number of carbonyl (C=O) groups excluding carboxylic acids is 1. The molecule has 0 atom stereocenters. The highest BCUT2D eigenvalue weighted by Gasteiger charge is 2.18. The second kappa shape index (κ2) is 6.51. The predicted molar refractivity (Wildman–Crippen MR) is 99.7 cm³/mol. The molecule has 0 aliphatic carbocycles. The third-order valence-corrected chi connectivity index (χ3v) is 4.68. The Labute approximate surface area is 154 Å². The van der Waals surface area contributed by atoms with Crippen LogP contribution in [0.15, 0.2) is 46.9 Å². The molecule has 1 fully saturated rings. The minimum absolute atomic E-state index is 0.00782. The molecule has 3 heterocycles. The summed E-state index contributed by atoms with van der Waals surface area (Å²) in [7, 11) is 0. The van der Waals surface area contributed by atoms with Crippen LogP contribution in [0.25, 0.3) is 33.2 Å². The van der Waals surface area contributed by atoms with Gasteiger partial charge in [-0.2, -0.15) is 0 Å². The molecular weight excluding hydrogens is 346 g/mol. The summed E-state index contributed by atoms with van der Waals surface area (Å²) in [5, 5.41) is 0.870. The number of carbonyl (C=O) groups is 1. The maximum atomic E-state index is 12.2. The molecule has 27 heavy (non-hydrogen) atoms. The lowest BCUT2D eigenvalue weighted by Crippen LogP contribution is -2.42. The highest BCUT2D eigenvalue weighted by molar-refractivity contribution is 6.03. The van der Waals surface area contributed by atoms with E-state index in [2.05, 4.69) is 9.97 Å². The molecule has 1 aliphatic heterocycles. The topological polar surface area (TPSA) is 77.7 Å². The van der Waals surface area contributed by atoms with Crippen molar-refractivity contribution >= 4 is 39.1 Å². The van der Waals surface area contributed by atoms with Gasteiger partial charge in [0, 0.05) is 24.5 Å². The van der Waals surface area contributed by atoms with Crippen molar-refractivity contribution in [1.29, 1.82) is 0 Å². The monoisotopic (exact) mass is 363 g/mol. The molecule has 1 aliphatic rings. The number of aromatic nitrogens is 2. The maximum Gasteiger partial charge on any atom is 0.260 e. The molecule has 0 radical (unpaired) electrons. The van der Waals surface area contributed by atoms with Crippen LogP contribution in [0.4, 0.5) is 0 Å². The molecule has 7 nitrogen and oxygen atoms in total. The molecule has 1 saturated heterocycles. The number of rotatable bonds is 3. The summed E-state index contributed by atoms with van der Waals surface area (Å²) in [6.45, 7) is 2.35. The van der Waals surface area contributed by atoms with Crippen molar-refractivity contribution in [2.24, 2.45) is 0 Å². The van der Waals surface area contributed by atoms with E-state index in [0.717, 1.165) is 21.9 Å². The summed E-state index contributed by atoms with van der Waals surface area (Å²) in [4.78, 5) is 23.2. The number of amides is 1. The van der Waals surface area contributed by atoms with Gasteiger partial charge in [-0.05, 0) is 24.3 Å². The number of ether oxygens (including phenoxy) is 2. The molecule has 0 saturated carbocycles. The highest BCUT2D eigenvalue weighted by atomic mass is 16.5. The van der Waals surface area contributed by atoms with Crippen LogP contribution in [0.5, 0.6) is 5.75 Å². The Bertz CT molecular complexity index is 1150. The van der Waals surface area contributed by atoms with Gasteiger partial charge < -0.3 is 18.8 Å². The summed E-state index contributed by atoms with van der Waals surface area (Å²) in [6.07, 6.45) is 0. The fourth-order valence-electron chi connectivity index (χ4n) is 3.26. The van der Waals surface area contributed by atoms with Gasteiger partial charge in [0.15, 0.2) is 6.61 Å². The van der Waals surface area contributed by atoms with Crippen LogP contribution in [-0.4, -0.2) is 53.7 Å². The van der Waals surface area contributed by atoms with Crippen molar-refractivity contribution in [2.75, 3.05) is 32.9 Å². The average Bonchev–Trinajstić information content (AvgIpc) is 3.07. The number of para-hydroxylation sites is 2. The molecule has 2 aromatic carbocycles. The van der Waals surface area contributed by atoms with Gasteiger partial charge in [-0.3, -0.25) is 4.79 Å². The smallest absolute Gasteiger partial charge is 0.260 e. The normalized spacial score (nSPS) is 14.9. The van der Waals surface area contributed by atoms with E-state index in [1.165, 1.54) is 0 Å². The average molecular weight is 363 g/mol. The van der Waals surface area contributed by atoms with E-state index in [-0.39, 0.29) is 12.5 Å². The van der Waals surface area contributed by atoms with Gasteiger partial charge >= 0.3 is 0 Å². The number of furan rings is 1. The van der Waals surface area contributed by atoms with Crippen LogP contribution < -0.4 is 4.74 Å². The summed E-state index contributed by atoms with van der Waals surface area (Å²) >= 11 is 0. The Hall–Kier alpha value is -3.19. The first-order valence-corrected chi connectivity index (χ1v) is 8.85. The van der Waals surface area contributed by atoms with Gasteiger partial charge in [-0.25, -0.2) is 9.97 Å². The molecular formula is C20H17N3O4. The van der Waals surface area contributed by atoms with Crippen LogP contribution in [-0.2, 0) is 9.53 Å². The van der Waals surface area contributed by atoms with E-state index in [0.29, 0.717) is 43.3 Å². The number of hydrogen-bond acceptors (Lipinski definition) is 6. The number of benzene rings is 2. The third kappa shape index (κ3) is 2.96. The molecule has 0 N–H and O–H groups in total. The van der Waals surface area contributed by atoms with E-state index in [1.54, 1.807) is 11.0 Å². The van der Waals surface area contributed by atoms with Crippen LogP contribution in [0.3, 0.4) is 0 Å². The van der Waals surface area contributed by atoms with Crippen molar-refractivity contribution in [1.82, 2.24) is 14.9 Å². The standard InChI is InChI=1S/C20H17N3O4/c24-18(23-7-9-25-10-8-23)12-26-13-5-6-14-17(11-13)27-20-19(14)21-15-3-1-2-4-16(15)22-20/h1-6,11H,7-10,12H2. The summed E-state index contributed by atoms with van der Waals surface area (Å²) < 4.78 is 16.8. The van der Waals surface area contributed by atoms with Crippen LogP contribution in [0, 0.1) is 0 Å². The second-order valence-electron chi connectivity index (χ2n) is 6.41. The number of nitrogens with zero attached hydrogens (tertiary/aromatic N) is 3. The zero-order valence-corrected chi connectivity index (χ0v) is 14.6. The van der Waals surface area contributed by atoms with Crippen LogP contribution in [0.2, 0.25) is 0 Å². The van der Waals surface area contributed by atoms with E-state index >= 15 is 0 Å². The lowest BCUT2D eigenvalue weighted by atomic mass is 10.2. The summed E-state index contributed by atoms with van der Waals surface area (Å²) in [5.41, 5.74) is 3.46. The minimum Gasteiger partial charge on any atom is -0.484 e. The Balaban J connectivity index is 1.42. The zero-order valence-electron chi connectivity index (χ0n) is 14.6. The first-order valence-electron chi connectivity index (χ1n) is 8.85. The van der Waals surface area contributed by atoms with Crippen LogP contribution in [0.1, 0.15) is 0 Å². The highest BCUT2D eigenvalue weighted by Crippen LogP contribution is 2.30. The molecule has 1 amide bonds. The summed E-state index contributed by atoms with van der Waals surface area (Å²) in [5.74, 6) is 0.533. The minimum atomic E-state index is -0.0439. The SMILES string of the molecule is O=C(COc1ccc2c(c1)oc1nc3ccccc3nc12)N1CCOCC1. The van der Waals surface area contributed by atoms with Crippen LogP contribution >= 0.6 is 0 Å².